The summed E-state index contributed by atoms with van der Waals surface area (Å²) in [7, 11) is 0. The Kier molecular flexibility index (Phi) is 6.55. The fourth-order valence-electron chi connectivity index (χ4n) is 2.49. The summed E-state index contributed by atoms with van der Waals surface area (Å²) < 4.78 is 5.21. The van der Waals surface area contributed by atoms with E-state index in [2.05, 4.69) is 17.4 Å². The predicted molar refractivity (Wildman–Crippen MR) is 93.3 cm³/mol. The number of carbonyl (C=O) groups is 2. The summed E-state index contributed by atoms with van der Waals surface area (Å²) in [5, 5.41) is 2.94. The van der Waals surface area contributed by atoms with E-state index in [4.69, 9.17) is 4.74 Å². The first-order chi connectivity index (χ1) is 11.6. The monoisotopic (exact) mass is 325 g/mol. The molecule has 2 aromatic carbocycles. The molecule has 1 amide bonds. The van der Waals surface area contributed by atoms with Gasteiger partial charge >= 0.3 is 5.97 Å². The molecule has 2 atom stereocenters. The van der Waals surface area contributed by atoms with Gasteiger partial charge in [-0.05, 0) is 25.3 Å². The van der Waals surface area contributed by atoms with Crippen LogP contribution >= 0.6 is 0 Å². The second kappa shape index (κ2) is 8.87. The number of carbonyl (C=O) groups excluding carboxylic acids is 2. The number of amides is 1. The molecule has 0 unspecified atom stereocenters. The Bertz CT molecular complexity index is 655. The van der Waals surface area contributed by atoms with Gasteiger partial charge in [-0.1, -0.05) is 60.7 Å². The number of aryl methyl sites for hydroxylation is 1. The first-order valence-corrected chi connectivity index (χ1v) is 8.12. The Morgan fingerprint density at radius 3 is 2.17 bits per heavy atom. The quantitative estimate of drug-likeness (QED) is 0.794. The molecule has 0 heterocycles. The number of hydrogen-bond donors (Lipinski definition) is 1. The molecule has 24 heavy (non-hydrogen) atoms. The van der Waals surface area contributed by atoms with Crippen LogP contribution in [0.4, 0.5) is 0 Å². The highest BCUT2D eigenvalue weighted by Crippen LogP contribution is 2.18. The molecule has 126 valence electrons. The molecular formula is C20H23NO3. The van der Waals surface area contributed by atoms with E-state index in [0.29, 0.717) is 5.56 Å². The molecule has 0 aliphatic rings. The summed E-state index contributed by atoms with van der Waals surface area (Å²) in [4.78, 5) is 23.8. The average molecular weight is 325 g/mol. The van der Waals surface area contributed by atoms with Gasteiger partial charge in [0.05, 0.1) is 0 Å². The van der Waals surface area contributed by atoms with Crippen molar-refractivity contribution in [3.8, 4) is 0 Å². The van der Waals surface area contributed by atoms with E-state index in [-0.39, 0.29) is 11.9 Å². The van der Waals surface area contributed by atoms with Crippen molar-refractivity contribution in [1.82, 2.24) is 5.32 Å². The molecule has 0 aliphatic heterocycles. The average Bonchev–Trinajstić information content (AvgIpc) is 2.59. The van der Waals surface area contributed by atoms with Crippen LogP contribution in [0.25, 0.3) is 0 Å². The van der Waals surface area contributed by atoms with Gasteiger partial charge in [-0.15, -0.1) is 0 Å². The SMILES string of the molecule is CC(=O)O[C@@H](C(=O)N[C@H](C)CCc1ccccc1)c1ccccc1. The lowest BCUT2D eigenvalue weighted by Gasteiger charge is -2.20. The van der Waals surface area contributed by atoms with E-state index in [1.54, 1.807) is 12.1 Å². The van der Waals surface area contributed by atoms with E-state index in [0.717, 1.165) is 12.8 Å². The Labute approximate surface area is 142 Å². The van der Waals surface area contributed by atoms with Crippen molar-refractivity contribution in [2.75, 3.05) is 0 Å². The second-order valence-corrected chi connectivity index (χ2v) is 5.83. The second-order valence-electron chi connectivity index (χ2n) is 5.83. The normalized spacial score (nSPS) is 12.9. The van der Waals surface area contributed by atoms with Gasteiger partial charge in [0.25, 0.3) is 5.91 Å². The smallest absolute Gasteiger partial charge is 0.303 e. The molecule has 0 bridgehead atoms. The van der Waals surface area contributed by atoms with Crippen molar-refractivity contribution in [3.63, 3.8) is 0 Å². The van der Waals surface area contributed by atoms with Gasteiger partial charge < -0.3 is 10.1 Å². The minimum absolute atomic E-state index is 0.0144. The first kappa shape index (κ1) is 17.7. The Balaban J connectivity index is 1.95. The fourth-order valence-corrected chi connectivity index (χ4v) is 2.49. The third-order valence-corrected chi connectivity index (χ3v) is 3.72. The summed E-state index contributed by atoms with van der Waals surface area (Å²) in [6, 6.07) is 19.2. The van der Waals surface area contributed by atoms with Crippen molar-refractivity contribution >= 4 is 11.9 Å². The maximum Gasteiger partial charge on any atom is 0.303 e. The minimum atomic E-state index is -0.914. The van der Waals surface area contributed by atoms with Crippen molar-refractivity contribution in [3.05, 3.63) is 71.8 Å². The van der Waals surface area contributed by atoms with Gasteiger partial charge in [-0.25, -0.2) is 0 Å². The maximum atomic E-state index is 12.5. The van der Waals surface area contributed by atoms with Gasteiger partial charge in [0.2, 0.25) is 6.10 Å². The minimum Gasteiger partial charge on any atom is -0.447 e. The lowest BCUT2D eigenvalue weighted by Crippen LogP contribution is -2.38. The van der Waals surface area contributed by atoms with Crippen molar-refractivity contribution in [2.45, 2.75) is 38.8 Å². The van der Waals surface area contributed by atoms with Crippen molar-refractivity contribution in [2.24, 2.45) is 0 Å². The molecule has 4 nitrogen and oxygen atoms in total. The molecule has 0 fully saturated rings. The highest BCUT2D eigenvalue weighted by atomic mass is 16.5. The highest BCUT2D eigenvalue weighted by molar-refractivity contribution is 5.84. The van der Waals surface area contributed by atoms with E-state index in [1.165, 1.54) is 12.5 Å². The molecular weight excluding hydrogens is 302 g/mol. The van der Waals surface area contributed by atoms with E-state index in [1.807, 2.05) is 43.3 Å². The van der Waals surface area contributed by atoms with Crippen molar-refractivity contribution in [1.29, 1.82) is 0 Å². The summed E-state index contributed by atoms with van der Waals surface area (Å²) >= 11 is 0. The number of rotatable bonds is 7. The number of benzene rings is 2. The van der Waals surface area contributed by atoms with Crippen LogP contribution in [0, 0.1) is 0 Å². The van der Waals surface area contributed by atoms with Crippen LogP contribution in [0.2, 0.25) is 0 Å². The maximum absolute atomic E-state index is 12.5. The van der Waals surface area contributed by atoms with Crippen LogP contribution < -0.4 is 5.32 Å². The van der Waals surface area contributed by atoms with E-state index in [9.17, 15) is 9.59 Å². The third-order valence-electron chi connectivity index (χ3n) is 3.72. The first-order valence-electron chi connectivity index (χ1n) is 8.12. The molecule has 0 spiro atoms. The van der Waals surface area contributed by atoms with Gasteiger partial charge in [0.15, 0.2) is 0 Å². The lowest BCUT2D eigenvalue weighted by molar-refractivity contribution is -0.154. The molecule has 1 N–H and O–H groups in total. The molecule has 0 radical (unpaired) electrons. The summed E-state index contributed by atoms with van der Waals surface area (Å²) in [5.74, 6) is -0.770. The van der Waals surface area contributed by atoms with Crippen LogP contribution in [0.15, 0.2) is 60.7 Å². The molecule has 0 saturated carbocycles. The molecule has 0 aliphatic carbocycles. The Morgan fingerprint density at radius 1 is 1.00 bits per heavy atom. The van der Waals surface area contributed by atoms with Gasteiger partial charge in [-0.2, -0.15) is 0 Å². The molecule has 0 saturated heterocycles. The lowest BCUT2D eigenvalue weighted by atomic mass is 10.0. The standard InChI is InChI=1S/C20H23NO3/c1-15(13-14-17-9-5-3-6-10-17)21-20(23)19(24-16(2)22)18-11-7-4-8-12-18/h3-12,15,19H,13-14H2,1-2H3,(H,21,23)/t15-,19-/m1/s1. The predicted octanol–water partition coefficient (Wildman–Crippen LogP) is 3.43. The fraction of sp³-hybridized carbons (Fsp3) is 0.300. The number of esters is 1. The number of hydrogen-bond acceptors (Lipinski definition) is 3. The topological polar surface area (TPSA) is 55.4 Å². The molecule has 2 rings (SSSR count). The van der Waals surface area contributed by atoms with Crippen LogP contribution in [0.5, 0.6) is 0 Å². The van der Waals surface area contributed by atoms with Crippen LogP contribution in [0.3, 0.4) is 0 Å². The molecule has 4 heteroatoms. The molecule has 0 aromatic heterocycles. The number of ether oxygens (including phenoxy) is 1. The molecule has 2 aromatic rings. The van der Waals surface area contributed by atoms with Crippen LogP contribution in [0.1, 0.15) is 37.5 Å². The summed E-state index contributed by atoms with van der Waals surface area (Å²) in [6.45, 7) is 3.26. The zero-order valence-corrected chi connectivity index (χ0v) is 14.1. The van der Waals surface area contributed by atoms with Gasteiger partial charge in [-0.3, -0.25) is 9.59 Å². The largest absolute Gasteiger partial charge is 0.447 e. The summed E-state index contributed by atoms with van der Waals surface area (Å²) in [6.07, 6.45) is 0.784. The Morgan fingerprint density at radius 2 is 1.58 bits per heavy atom. The summed E-state index contributed by atoms with van der Waals surface area (Å²) in [5.41, 5.74) is 1.90. The highest BCUT2D eigenvalue weighted by Gasteiger charge is 2.24. The van der Waals surface area contributed by atoms with Crippen LogP contribution in [-0.2, 0) is 20.7 Å². The van der Waals surface area contributed by atoms with E-state index < -0.39 is 12.1 Å². The van der Waals surface area contributed by atoms with Gasteiger partial charge in [0.1, 0.15) is 0 Å². The number of nitrogens with one attached hydrogen (secondary N) is 1. The Hall–Kier alpha value is -2.62. The third kappa shape index (κ3) is 5.54. The van der Waals surface area contributed by atoms with Crippen LogP contribution in [-0.4, -0.2) is 17.9 Å². The zero-order valence-electron chi connectivity index (χ0n) is 14.1. The van der Waals surface area contributed by atoms with Gasteiger partial charge in [0, 0.05) is 18.5 Å². The van der Waals surface area contributed by atoms with E-state index >= 15 is 0 Å². The van der Waals surface area contributed by atoms with Crippen molar-refractivity contribution < 1.29 is 14.3 Å². The zero-order chi connectivity index (χ0) is 17.4.